The van der Waals surface area contributed by atoms with Gasteiger partial charge in [0.1, 0.15) is 0 Å². The number of benzene rings is 1. The Bertz CT molecular complexity index is 751. The number of nitrogens with one attached hydrogen (secondary N) is 1. The zero-order chi connectivity index (χ0) is 16.9. The van der Waals surface area contributed by atoms with Gasteiger partial charge < -0.3 is 5.32 Å². The molecule has 0 saturated heterocycles. The van der Waals surface area contributed by atoms with Gasteiger partial charge in [0.2, 0.25) is 5.91 Å². The Labute approximate surface area is 141 Å². The molecule has 5 nitrogen and oxygen atoms in total. The lowest BCUT2D eigenvalue weighted by Crippen LogP contribution is -2.34. The van der Waals surface area contributed by atoms with E-state index in [1.165, 1.54) is 0 Å². The molecular weight excluding hydrogens is 302 g/mol. The van der Waals surface area contributed by atoms with Crippen molar-refractivity contribution in [1.29, 1.82) is 0 Å². The van der Waals surface area contributed by atoms with E-state index in [0.29, 0.717) is 19.0 Å². The van der Waals surface area contributed by atoms with Gasteiger partial charge in [-0.3, -0.25) is 14.2 Å². The number of rotatable bonds is 7. The molecule has 1 amide bonds. The van der Waals surface area contributed by atoms with Crippen molar-refractivity contribution in [2.45, 2.75) is 44.6 Å². The number of amides is 1. The molecule has 1 aromatic heterocycles. The van der Waals surface area contributed by atoms with Crippen molar-refractivity contribution >= 4 is 5.91 Å². The highest BCUT2D eigenvalue weighted by molar-refractivity contribution is 5.83. The Balaban J connectivity index is 1.55. The summed E-state index contributed by atoms with van der Waals surface area (Å²) in [5, 5.41) is 2.93. The first kappa shape index (κ1) is 16.4. The van der Waals surface area contributed by atoms with Crippen LogP contribution in [0.25, 0.3) is 0 Å². The Morgan fingerprint density at radius 3 is 2.71 bits per heavy atom. The van der Waals surface area contributed by atoms with Gasteiger partial charge in [-0.25, -0.2) is 4.98 Å². The number of hydrogen-bond donors (Lipinski definition) is 1. The minimum Gasteiger partial charge on any atom is -0.354 e. The fraction of sp³-hybridized carbons (Fsp3) is 0.421. The first-order chi connectivity index (χ1) is 11.7. The smallest absolute Gasteiger partial charge is 0.253 e. The molecule has 1 heterocycles. The number of aromatic nitrogens is 2. The van der Waals surface area contributed by atoms with Crippen molar-refractivity contribution in [3.8, 4) is 0 Å². The summed E-state index contributed by atoms with van der Waals surface area (Å²) in [5.41, 5.74) is 1.87. The number of hydrogen-bond acceptors (Lipinski definition) is 3. The molecule has 0 aliphatic heterocycles. The average molecular weight is 325 g/mol. The molecule has 1 aliphatic rings. The zero-order valence-corrected chi connectivity index (χ0v) is 13.9. The van der Waals surface area contributed by atoms with Gasteiger partial charge in [-0.1, -0.05) is 37.3 Å². The first-order valence-corrected chi connectivity index (χ1v) is 8.58. The van der Waals surface area contributed by atoms with E-state index in [1.807, 2.05) is 37.3 Å². The number of carbonyl (C=O) groups excluding carboxylic acids is 1. The maximum atomic E-state index is 12.4. The maximum Gasteiger partial charge on any atom is 0.253 e. The molecular formula is C19H23N3O2. The summed E-state index contributed by atoms with van der Waals surface area (Å²) in [7, 11) is 0. The van der Waals surface area contributed by atoms with E-state index in [0.717, 1.165) is 30.5 Å². The van der Waals surface area contributed by atoms with Crippen LogP contribution in [-0.4, -0.2) is 22.0 Å². The quantitative estimate of drug-likeness (QED) is 0.850. The van der Waals surface area contributed by atoms with Crippen molar-refractivity contribution in [3.05, 3.63) is 64.3 Å². The van der Waals surface area contributed by atoms with Gasteiger partial charge in [-0.05, 0) is 24.8 Å². The molecule has 1 saturated carbocycles. The van der Waals surface area contributed by atoms with Gasteiger partial charge in [-0.2, -0.15) is 0 Å². The van der Waals surface area contributed by atoms with Crippen molar-refractivity contribution in [2.24, 2.45) is 0 Å². The zero-order valence-electron chi connectivity index (χ0n) is 13.9. The summed E-state index contributed by atoms with van der Waals surface area (Å²) in [6, 6.07) is 11.4. The molecule has 0 radical (unpaired) electrons. The predicted molar refractivity (Wildman–Crippen MR) is 93.0 cm³/mol. The van der Waals surface area contributed by atoms with Crippen LogP contribution >= 0.6 is 0 Å². The third-order valence-corrected chi connectivity index (χ3v) is 4.47. The van der Waals surface area contributed by atoms with Crippen molar-refractivity contribution < 1.29 is 4.79 Å². The van der Waals surface area contributed by atoms with Gasteiger partial charge in [0.25, 0.3) is 5.56 Å². The first-order valence-electron chi connectivity index (χ1n) is 8.58. The van der Waals surface area contributed by atoms with E-state index in [-0.39, 0.29) is 17.4 Å². The van der Waals surface area contributed by atoms with Crippen LogP contribution in [0.4, 0.5) is 0 Å². The molecule has 1 aromatic carbocycles. The molecule has 1 unspecified atom stereocenters. The molecule has 2 aromatic rings. The Morgan fingerprint density at radius 1 is 1.33 bits per heavy atom. The minimum absolute atomic E-state index is 0.000640. The Hall–Kier alpha value is -2.43. The van der Waals surface area contributed by atoms with Crippen LogP contribution in [0.15, 0.2) is 47.5 Å². The standard InChI is InChI=1S/C19H23N3O2/c1-2-16(14-6-4-3-5-7-14)19(24)20-10-11-22-13-21-17(12-18(22)23)15-8-9-15/h3-7,12-13,15-16H,2,8-11H2,1H3,(H,20,24). The second-order valence-electron chi connectivity index (χ2n) is 6.28. The SMILES string of the molecule is CCC(C(=O)NCCn1cnc(C2CC2)cc1=O)c1ccccc1. The van der Waals surface area contributed by atoms with Gasteiger partial charge in [0.15, 0.2) is 0 Å². The van der Waals surface area contributed by atoms with E-state index in [4.69, 9.17) is 0 Å². The van der Waals surface area contributed by atoms with Gasteiger partial charge in [-0.15, -0.1) is 0 Å². The van der Waals surface area contributed by atoms with Crippen molar-refractivity contribution in [2.75, 3.05) is 6.54 Å². The molecule has 3 rings (SSSR count). The van der Waals surface area contributed by atoms with E-state index in [9.17, 15) is 9.59 Å². The lowest BCUT2D eigenvalue weighted by Gasteiger charge is -2.15. The maximum absolute atomic E-state index is 12.4. The van der Waals surface area contributed by atoms with Gasteiger partial charge >= 0.3 is 0 Å². The molecule has 1 atom stereocenters. The second-order valence-corrected chi connectivity index (χ2v) is 6.28. The minimum atomic E-state index is -0.154. The van der Waals surface area contributed by atoms with E-state index >= 15 is 0 Å². The van der Waals surface area contributed by atoms with Crippen LogP contribution in [0.2, 0.25) is 0 Å². The fourth-order valence-corrected chi connectivity index (χ4v) is 2.89. The predicted octanol–water partition coefficient (Wildman–Crippen LogP) is 2.43. The molecule has 1 fully saturated rings. The normalized spacial score (nSPS) is 15.0. The highest BCUT2D eigenvalue weighted by Gasteiger charge is 2.25. The summed E-state index contributed by atoms with van der Waals surface area (Å²) in [6.45, 7) is 2.86. The highest BCUT2D eigenvalue weighted by atomic mass is 16.2. The van der Waals surface area contributed by atoms with Gasteiger partial charge in [0.05, 0.1) is 17.9 Å². The molecule has 1 aliphatic carbocycles. The molecule has 0 spiro atoms. The van der Waals surface area contributed by atoms with Crippen LogP contribution in [0.5, 0.6) is 0 Å². The van der Waals surface area contributed by atoms with Crippen LogP contribution in [0.3, 0.4) is 0 Å². The summed E-state index contributed by atoms with van der Waals surface area (Å²) in [4.78, 5) is 28.8. The lowest BCUT2D eigenvalue weighted by molar-refractivity contribution is -0.122. The van der Waals surface area contributed by atoms with Crippen LogP contribution in [0.1, 0.15) is 49.3 Å². The summed E-state index contributed by atoms with van der Waals surface area (Å²) in [5.74, 6) is 0.320. The Morgan fingerprint density at radius 2 is 2.08 bits per heavy atom. The topological polar surface area (TPSA) is 64.0 Å². The Kier molecular flexibility index (Phi) is 5.08. The van der Waals surface area contributed by atoms with E-state index in [1.54, 1.807) is 17.0 Å². The summed E-state index contributed by atoms with van der Waals surface area (Å²) < 4.78 is 1.55. The average Bonchev–Trinajstić information content (AvgIpc) is 3.43. The second kappa shape index (κ2) is 7.43. The third kappa shape index (κ3) is 3.91. The summed E-state index contributed by atoms with van der Waals surface area (Å²) in [6.07, 6.45) is 4.60. The molecule has 126 valence electrons. The molecule has 24 heavy (non-hydrogen) atoms. The molecule has 0 bridgehead atoms. The molecule has 5 heteroatoms. The molecule has 1 N–H and O–H groups in total. The van der Waals surface area contributed by atoms with Crippen molar-refractivity contribution in [3.63, 3.8) is 0 Å². The van der Waals surface area contributed by atoms with Crippen LogP contribution in [0, 0.1) is 0 Å². The van der Waals surface area contributed by atoms with Gasteiger partial charge in [0, 0.05) is 25.1 Å². The fourth-order valence-electron chi connectivity index (χ4n) is 2.89. The lowest BCUT2D eigenvalue weighted by atomic mass is 9.96. The number of carbonyl (C=O) groups is 1. The monoisotopic (exact) mass is 325 g/mol. The summed E-state index contributed by atoms with van der Waals surface area (Å²) >= 11 is 0. The number of nitrogens with zero attached hydrogens (tertiary/aromatic N) is 2. The van der Waals surface area contributed by atoms with Crippen molar-refractivity contribution in [1.82, 2.24) is 14.9 Å². The van der Waals surface area contributed by atoms with Crippen LogP contribution < -0.4 is 10.9 Å². The van der Waals surface area contributed by atoms with E-state index in [2.05, 4.69) is 10.3 Å². The van der Waals surface area contributed by atoms with E-state index < -0.39 is 0 Å². The highest BCUT2D eigenvalue weighted by Crippen LogP contribution is 2.38. The third-order valence-electron chi connectivity index (χ3n) is 4.47. The van der Waals surface area contributed by atoms with Crippen LogP contribution in [-0.2, 0) is 11.3 Å². The largest absolute Gasteiger partial charge is 0.354 e.